The summed E-state index contributed by atoms with van der Waals surface area (Å²) in [5.74, 6) is 0.943. The second kappa shape index (κ2) is 7.35. The number of hydrogen-bond donors (Lipinski definition) is 1. The number of rotatable bonds is 8. The monoisotopic (exact) mass is 270 g/mol. The van der Waals surface area contributed by atoms with Gasteiger partial charge < -0.3 is 20.1 Å². The summed E-state index contributed by atoms with van der Waals surface area (Å²) >= 11 is 0. The van der Waals surface area contributed by atoms with Crippen LogP contribution < -0.4 is 10.6 Å². The van der Waals surface area contributed by atoms with E-state index >= 15 is 0 Å². The molecule has 6 heteroatoms. The maximum absolute atomic E-state index is 6.21. The highest BCUT2D eigenvalue weighted by Crippen LogP contribution is 2.28. The molecule has 0 amide bonds. The van der Waals surface area contributed by atoms with Crippen LogP contribution in [0.4, 0.5) is 11.5 Å². The molecule has 1 rings (SSSR count). The van der Waals surface area contributed by atoms with Gasteiger partial charge in [-0.1, -0.05) is 6.92 Å². The lowest BCUT2D eigenvalue weighted by atomic mass is 10.2. The summed E-state index contributed by atoms with van der Waals surface area (Å²) in [5, 5.41) is 4.47. The molecule has 0 aliphatic carbocycles. The van der Waals surface area contributed by atoms with Gasteiger partial charge in [0.1, 0.15) is 0 Å². The molecule has 6 nitrogen and oxygen atoms in total. The lowest BCUT2D eigenvalue weighted by molar-refractivity contribution is 0.170. The fraction of sp³-hybridized carbons (Fsp3) is 0.769. The summed E-state index contributed by atoms with van der Waals surface area (Å²) in [7, 11) is 5.32. The minimum atomic E-state index is 0.211. The van der Waals surface area contributed by atoms with Crippen molar-refractivity contribution in [2.75, 3.05) is 44.6 Å². The maximum atomic E-state index is 6.21. The number of methoxy groups -OCH3 is 2. The van der Waals surface area contributed by atoms with Crippen LogP contribution in [0.1, 0.15) is 19.5 Å². The van der Waals surface area contributed by atoms with E-state index in [-0.39, 0.29) is 6.04 Å². The Morgan fingerprint density at radius 3 is 2.53 bits per heavy atom. The molecule has 1 aromatic heterocycles. The van der Waals surface area contributed by atoms with Crippen molar-refractivity contribution in [1.29, 1.82) is 0 Å². The maximum Gasteiger partial charge on any atom is 0.150 e. The minimum absolute atomic E-state index is 0.211. The van der Waals surface area contributed by atoms with Gasteiger partial charge in [-0.2, -0.15) is 5.10 Å². The fourth-order valence-corrected chi connectivity index (χ4v) is 2.24. The quantitative estimate of drug-likeness (QED) is 0.765. The first-order chi connectivity index (χ1) is 9.06. The number of nitrogens with zero attached hydrogens (tertiary/aromatic N) is 3. The minimum Gasteiger partial charge on any atom is -0.394 e. The lowest BCUT2D eigenvalue weighted by Gasteiger charge is -2.30. The van der Waals surface area contributed by atoms with Crippen LogP contribution in [0.15, 0.2) is 0 Å². The molecule has 1 aromatic rings. The number of nitrogens with two attached hydrogens (primary N) is 1. The largest absolute Gasteiger partial charge is 0.394 e. The van der Waals surface area contributed by atoms with Gasteiger partial charge in [-0.25, -0.2) is 0 Å². The zero-order valence-electron chi connectivity index (χ0n) is 12.6. The van der Waals surface area contributed by atoms with E-state index in [9.17, 15) is 0 Å². The van der Waals surface area contributed by atoms with Crippen molar-refractivity contribution in [1.82, 2.24) is 9.78 Å². The van der Waals surface area contributed by atoms with Gasteiger partial charge in [0.15, 0.2) is 5.82 Å². The molecule has 0 spiro atoms. The lowest BCUT2D eigenvalue weighted by Crippen LogP contribution is -2.40. The van der Waals surface area contributed by atoms with Gasteiger partial charge in [-0.05, 0) is 13.3 Å². The number of anilines is 2. The van der Waals surface area contributed by atoms with E-state index < -0.39 is 0 Å². The summed E-state index contributed by atoms with van der Waals surface area (Å²) in [6.45, 7) is 6.20. The van der Waals surface area contributed by atoms with E-state index in [4.69, 9.17) is 15.2 Å². The third-order valence-electron chi connectivity index (χ3n) is 3.21. The van der Waals surface area contributed by atoms with Crippen LogP contribution in [-0.4, -0.2) is 49.8 Å². The topological polar surface area (TPSA) is 65.5 Å². The Morgan fingerprint density at radius 2 is 2.05 bits per heavy atom. The van der Waals surface area contributed by atoms with Gasteiger partial charge in [-0.15, -0.1) is 0 Å². The van der Waals surface area contributed by atoms with Crippen LogP contribution in [0.2, 0.25) is 0 Å². The number of aryl methyl sites for hydroxylation is 2. The van der Waals surface area contributed by atoms with Crippen LogP contribution in [0.3, 0.4) is 0 Å². The first-order valence-electron chi connectivity index (χ1n) is 6.62. The van der Waals surface area contributed by atoms with Gasteiger partial charge in [0.05, 0.1) is 30.6 Å². The summed E-state index contributed by atoms with van der Waals surface area (Å²) in [5.41, 5.74) is 7.90. The number of ether oxygens (including phenoxy) is 2. The molecule has 110 valence electrons. The van der Waals surface area contributed by atoms with Crippen LogP contribution >= 0.6 is 0 Å². The third-order valence-corrected chi connectivity index (χ3v) is 3.21. The number of aromatic nitrogens is 2. The molecule has 0 fully saturated rings. The van der Waals surface area contributed by atoms with Crippen molar-refractivity contribution in [2.24, 2.45) is 7.05 Å². The summed E-state index contributed by atoms with van der Waals surface area (Å²) in [6.07, 6.45) is 0.830. The fourth-order valence-electron chi connectivity index (χ4n) is 2.24. The average Bonchev–Trinajstić information content (AvgIpc) is 2.66. The SMILES string of the molecule is CCc1nn(C)c(N(CCOC)C(C)COC)c1N. The second-order valence-corrected chi connectivity index (χ2v) is 4.65. The van der Waals surface area contributed by atoms with Gasteiger partial charge >= 0.3 is 0 Å². The van der Waals surface area contributed by atoms with Crippen LogP contribution in [0, 0.1) is 0 Å². The molecule has 0 radical (unpaired) electrons. The summed E-state index contributed by atoms with van der Waals surface area (Å²) in [6, 6.07) is 0.211. The Morgan fingerprint density at radius 1 is 1.37 bits per heavy atom. The molecular weight excluding hydrogens is 244 g/mol. The normalized spacial score (nSPS) is 12.7. The van der Waals surface area contributed by atoms with Gasteiger partial charge in [-0.3, -0.25) is 4.68 Å². The van der Waals surface area contributed by atoms with Crippen molar-refractivity contribution < 1.29 is 9.47 Å². The summed E-state index contributed by atoms with van der Waals surface area (Å²) < 4.78 is 12.3. The Kier molecular flexibility index (Phi) is 6.11. The van der Waals surface area contributed by atoms with E-state index in [1.165, 1.54) is 0 Å². The van der Waals surface area contributed by atoms with Gasteiger partial charge in [0.25, 0.3) is 0 Å². The number of nitrogen functional groups attached to an aromatic ring is 1. The first kappa shape index (κ1) is 15.8. The smallest absolute Gasteiger partial charge is 0.150 e. The van der Waals surface area contributed by atoms with Crippen molar-refractivity contribution in [2.45, 2.75) is 26.3 Å². The molecule has 0 bridgehead atoms. The Labute approximate surface area is 115 Å². The molecule has 19 heavy (non-hydrogen) atoms. The molecule has 1 atom stereocenters. The van der Waals surface area contributed by atoms with Crippen molar-refractivity contribution in [3.63, 3.8) is 0 Å². The average molecular weight is 270 g/mol. The van der Waals surface area contributed by atoms with E-state index in [2.05, 4.69) is 23.8 Å². The number of hydrogen-bond acceptors (Lipinski definition) is 5. The molecule has 1 heterocycles. The highest BCUT2D eigenvalue weighted by atomic mass is 16.5. The molecule has 0 saturated heterocycles. The van der Waals surface area contributed by atoms with Crippen LogP contribution in [-0.2, 0) is 22.9 Å². The zero-order valence-corrected chi connectivity index (χ0v) is 12.6. The van der Waals surface area contributed by atoms with Crippen molar-refractivity contribution >= 4 is 11.5 Å². The molecule has 2 N–H and O–H groups in total. The van der Waals surface area contributed by atoms with E-state index in [0.29, 0.717) is 13.2 Å². The molecule has 0 saturated carbocycles. The van der Waals surface area contributed by atoms with E-state index in [1.807, 2.05) is 11.7 Å². The Balaban J connectivity index is 3.05. The van der Waals surface area contributed by atoms with Crippen molar-refractivity contribution in [3.8, 4) is 0 Å². The predicted octanol–water partition coefficient (Wildman–Crippen LogP) is 1.05. The third kappa shape index (κ3) is 3.61. The molecule has 1 unspecified atom stereocenters. The predicted molar refractivity (Wildman–Crippen MR) is 77.6 cm³/mol. The van der Waals surface area contributed by atoms with Crippen LogP contribution in [0.25, 0.3) is 0 Å². The highest BCUT2D eigenvalue weighted by molar-refractivity contribution is 5.67. The molecule has 0 aliphatic heterocycles. The summed E-state index contributed by atoms with van der Waals surface area (Å²) in [4.78, 5) is 2.19. The van der Waals surface area contributed by atoms with Gasteiger partial charge in [0.2, 0.25) is 0 Å². The van der Waals surface area contributed by atoms with Crippen LogP contribution in [0.5, 0.6) is 0 Å². The van der Waals surface area contributed by atoms with E-state index in [0.717, 1.165) is 30.2 Å². The first-order valence-corrected chi connectivity index (χ1v) is 6.62. The molecule has 0 aromatic carbocycles. The molecule has 0 aliphatic rings. The molecular formula is C13H26N4O2. The Bertz CT molecular complexity index is 392. The Hall–Kier alpha value is -1.27. The van der Waals surface area contributed by atoms with Crippen molar-refractivity contribution in [3.05, 3.63) is 5.69 Å². The second-order valence-electron chi connectivity index (χ2n) is 4.65. The zero-order chi connectivity index (χ0) is 14.4. The van der Waals surface area contributed by atoms with Gasteiger partial charge in [0, 0.05) is 27.8 Å². The van der Waals surface area contributed by atoms with E-state index in [1.54, 1.807) is 14.2 Å². The standard InChI is InChI=1S/C13H26N4O2/c1-6-11-12(14)13(16(3)15-11)17(7-8-18-4)10(2)9-19-5/h10H,6-9,14H2,1-5H3. The highest BCUT2D eigenvalue weighted by Gasteiger charge is 2.22.